The quantitative estimate of drug-likeness (QED) is 0.929. The summed E-state index contributed by atoms with van der Waals surface area (Å²) in [6.07, 6.45) is -4.42. The summed E-state index contributed by atoms with van der Waals surface area (Å²) >= 11 is 0. The van der Waals surface area contributed by atoms with Crippen molar-refractivity contribution in [3.8, 4) is 0 Å². The van der Waals surface area contributed by atoms with Crippen molar-refractivity contribution >= 4 is 6.03 Å². The number of hydrogen-bond acceptors (Lipinski definition) is 2. The largest absolute Gasteiger partial charge is 0.416 e. The molecule has 0 spiro atoms. The Labute approximate surface area is 120 Å². The number of likely N-dealkylation sites (tertiary alicyclic amines) is 1. The van der Waals surface area contributed by atoms with E-state index < -0.39 is 23.9 Å². The number of nitrogens with two attached hydrogens (primary N) is 1. The predicted molar refractivity (Wildman–Crippen MR) is 70.5 cm³/mol. The van der Waals surface area contributed by atoms with E-state index in [1.54, 1.807) is 6.07 Å². The van der Waals surface area contributed by atoms with Crippen molar-refractivity contribution < 1.29 is 22.7 Å². The SMILES string of the molecule is CCC(OC1CN(C(N)=O)C1)c1cccc(C(F)(F)F)c1. The van der Waals surface area contributed by atoms with Gasteiger partial charge in [-0.2, -0.15) is 13.2 Å². The fourth-order valence-electron chi connectivity index (χ4n) is 2.26. The van der Waals surface area contributed by atoms with E-state index in [0.717, 1.165) is 12.1 Å². The highest BCUT2D eigenvalue weighted by Crippen LogP contribution is 2.33. The molecule has 2 rings (SSSR count). The maximum absolute atomic E-state index is 12.7. The van der Waals surface area contributed by atoms with Gasteiger partial charge in [-0.15, -0.1) is 0 Å². The first kappa shape index (κ1) is 15.6. The zero-order valence-corrected chi connectivity index (χ0v) is 11.6. The second kappa shape index (κ2) is 5.93. The van der Waals surface area contributed by atoms with Crippen LogP contribution in [-0.4, -0.2) is 30.1 Å². The molecule has 1 aliphatic heterocycles. The first-order valence-electron chi connectivity index (χ1n) is 6.68. The number of amides is 2. The summed E-state index contributed by atoms with van der Waals surface area (Å²) in [6.45, 7) is 2.60. The van der Waals surface area contributed by atoms with Gasteiger partial charge >= 0.3 is 12.2 Å². The Morgan fingerprint density at radius 3 is 2.67 bits per heavy atom. The highest BCUT2D eigenvalue weighted by molar-refractivity contribution is 5.73. The fourth-order valence-corrected chi connectivity index (χ4v) is 2.26. The molecule has 1 fully saturated rings. The molecule has 1 saturated heterocycles. The number of ether oxygens (including phenoxy) is 1. The van der Waals surface area contributed by atoms with E-state index in [0.29, 0.717) is 25.1 Å². The number of nitrogens with zero attached hydrogens (tertiary/aromatic N) is 1. The number of hydrogen-bond donors (Lipinski definition) is 1. The van der Waals surface area contributed by atoms with Gasteiger partial charge in [0, 0.05) is 0 Å². The summed E-state index contributed by atoms with van der Waals surface area (Å²) in [6, 6.07) is 4.63. The van der Waals surface area contributed by atoms with Crippen LogP contribution in [0, 0.1) is 0 Å². The third kappa shape index (κ3) is 3.66. The minimum Gasteiger partial charge on any atom is -0.367 e. The summed E-state index contributed by atoms with van der Waals surface area (Å²) in [4.78, 5) is 12.3. The van der Waals surface area contributed by atoms with Gasteiger partial charge in [0.1, 0.15) is 0 Å². The van der Waals surface area contributed by atoms with Gasteiger partial charge in [0.25, 0.3) is 0 Å². The highest BCUT2D eigenvalue weighted by atomic mass is 19.4. The van der Waals surface area contributed by atoms with Gasteiger partial charge in [-0.25, -0.2) is 4.79 Å². The fraction of sp³-hybridized carbons (Fsp3) is 0.500. The highest BCUT2D eigenvalue weighted by Gasteiger charge is 2.33. The minimum atomic E-state index is -4.37. The summed E-state index contributed by atoms with van der Waals surface area (Å²) in [5, 5.41) is 0. The smallest absolute Gasteiger partial charge is 0.367 e. The van der Waals surface area contributed by atoms with E-state index >= 15 is 0 Å². The lowest BCUT2D eigenvalue weighted by Gasteiger charge is -2.39. The average Bonchev–Trinajstić information content (AvgIpc) is 2.36. The van der Waals surface area contributed by atoms with Crippen LogP contribution in [0.15, 0.2) is 24.3 Å². The topological polar surface area (TPSA) is 55.6 Å². The van der Waals surface area contributed by atoms with Gasteiger partial charge in [-0.1, -0.05) is 19.1 Å². The number of carbonyl (C=O) groups is 1. The van der Waals surface area contributed by atoms with Crippen molar-refractivity contribution in [2.75, 3.05) is 13.1 Å². The number of urea groups is 1. The van der Waals surface area contributed by atoms with Crippen LogP contribution >= 0.6 is 0 Å². The number of alkyl halides is 3. The summed E-state index contributed by atoms with van der Waals surface area (Å²) in [7, 11) is 0. The van der Waals surface area contributed by atoms with Crippen LogP contribution in [-0.2, 0) is 10.9 Å². The second-order valence-electron chi connectivity index (χ2n) is 5.02. The summed E-state index contributed by atoms with van der Waals surface area (Å²) in [5.74, 6) is 0. The average molecular weight is 302 g/mol. The van der Waals surface area contributed by atoms with Crippen molar-refractivity contribution in [3.63, 3.8) is 0 Å². The van der Waals surface area contributed by atoms with E-state index in [4.69, 9.17) is 10.5 Å². The Bertz CT molecular complexity index is 513. The van der Waals surface area contributed by atoms with Crippen LogP contribution in [0.3, 0.4) is 0 Å². The van der Waals surface area contributed by atoms with E-state index in [1.807, 2.05) is 6.92 Å². The standard InChI is InChI=1S/C14H17F3N2O2/c1-2-12(21-11-7-19(8-11)13(18)20)9-4-3-5-10(6-9)14(15,16)17/h3-6,11-12H,2,7-8H2,1H3,(H2,18,20). The Morgan fingerprint density at radius 1 is 1.48 bits per heavy atom. The van der Waals surface area contributed by atoms with Crippen LogP contribution in [0.2, 0.25) is 0 Å². The molecule has 21 heavy (non-hydrogen) atoms. The Balaban J connectivity index is 2.03. The molecule has 0 saturated carbocycles. The normalized spacial score (nSPS) is 17.4. The summed E-state index contributed by atoms with van der Waals surface area (Å²) in [5.41, 5.74) is 4.91. The minimum absolute atomic E-state index is 0.183. The van der Waals surface area contributed by atoms with E-state index in [9.17, 15) is 18.0 Å². The molecule has 0 bridgehead atoms. The lowest BCUT2D eigenvalue weighted by molar-refractivity contribution is -0.137. The van der Waals surface area contributed by atoms with Gasteiger partial charge in [0.05, 0.1) is 30.9 Å². The van der Waals surface area contributed by atoms with Crippen LogP contribution in [0.4, 0.5) is 18.0 Å². The molecule has 4 nitrogen and oxygen atoms in total. The van der Waals surface area contributed by atoms with Crippen molar-refractivity contribution in [2.45, 2.75) is 31.7 Å². The van der Waals surface area contributed by atoms with Crippen molar-refractivity contribution in [2.24, 2.45) is 5.73 Å². The lowest BCUT2D eigenvalue weighted by Crippen LogP contribution is -2.56. The molecule has 0 aliphatic carbocycles. The monoisotopic (exact) mass is 302 g/mol. The predicted octanol–water partition coefficient (Wildman–Crippen LogP) is 2.94. The molecule has 1 aliphatic rings. The zero-order chi connectivity index (χ0) is 15.6. The van der Waals surface area contributed by atoms with Gasteiger partial charge in [-0.3, -0.25) is 0 Å². The molecule has 116 valence electrons. The molecule has 1 aromatic rings. The Hall–Kier alpha value is -1.76. The third-order valence-electron chi connectivity index (χ3n) is 3.47. The summed E-state index contributed by atoms with van der Waals surface area (Å²) < 4.78 is 43.9. The van der Waals surface area contributed by atoms with Crippen LogP contribution in [0.1, 0.15) is 30.6 Å². The molecule has 1 aromatic carbocycles. The molecular formula is C14H17F3N2O2. The molecule has 1 heterocycles. The molecule has 0 radical (unpaired) electrons. The first-order chi connectivity index (χ1) is 9.81. The molecule has 7 heteroatoms. The van der Waals surface area contributed by atoms with Gasteiger partial charge in [0.2, 0.25) is 0 Å². The zero-order valence-electron chi connectivity index (χ0n) is 11.6. The van der Waals surface area contributed by atoms with E-state index in [2.05, 4.69) is 0 Å². The molecule has 1 unspecified atom stereocenters. The molecule has 2 amide bonds. The van der Waals surface area contributed by atoms with Gasteiger partial charge < -0.3 is 15.4 Å². The molecule has 0 aromatic heterocycles. The number of primary amides is 1. The number of benzene rings is 1. The van der Waals surface area contributed by atoms with Gasteiger partial charge in [0.15, 0.2) is 0 Å². The molecular weight excluding hydrogens is 285 g/mol. The van der Waals surface area contributed by atoms with Crippen molar-refractivity contribution in [1.82, 2.24) is 4.90 Å². The number of rotatable bonds is 4. The van der Waals surface area contributed by atoms with Crippen molar-refractivity contribution in [1.29, 1.82) is 0 Å². The Morgan fingerprint density at radius 2 is 2.14 bits per heavy atom. The second-order valence-corrected chi connectivity index (χ2v) is 5.02. The van der Waals surface area contributed by atoms with Crippen LogP contribution < -0.4 is 5.73 Å². The third-order valence-corrected chi connectivity index (χ3v) is 3.47. The maximum Gasteiger partial charge on any atom is 0.416 e. The van der Waals surface area contributed by atoms with Crippen LogP contribution in [0.5, 0.6) is 0 Å². The van der Waals surface area contributed by atoms with E-state index in [1.165, 1.54) is 11.0 Å². The van der Waals surface area contributed by atoms with Crippen LogP contribution in [0.25, 0.3) is 0 Å². The maximum atomic E-state index is 12.7. The number of halogens is 3. The van der Waals surface area contributed by atoms with Gasteiger partial charge in [-0.05, 0) is 24.1 Å². The first-order valence-corrected chi connectivity index (χ1v) is 6.68. The Kier molecular flexibility index (Phi) is 4.41. The lowest BCUT2D eigenvalue weighted by atomic mass is 10.0. The van der Waals surface area contributed by atoms with Crippen molar-refractivity contribution in [3.05, 3.63) is 35.4 Å². The molecule has 2 N–H and O–H groups in total. The molecule has 1 atom stereocenters. The van der Waals surface area contributed by atoms with E-state index in [-0.39, 0.29) is 6.10 Å². The number of carbonyl (C=O) groups excluding carboxylic acids is 1.